The van der Waals surface area contributed by atoms with Crippen LogP contribution in [0.3, 0.4) is 0 Å². The van der Waals surface area contributed by atoms with Gasteiger partial charge in [0.25, 0.3) is 0 Å². The topological polar surface area (TPSA) is 49.3 Å². The molecule has 3 nitrogen and oxygen atoms in total. The number of phenols is 1. The Hall–Kier alpha value is -1.65. The predicted octanol–water partition coefficient (Wildman–Crippen LogP) is 3.78. The Labute approximate surface area is 120 Å². The minimum absolute atomic E-state index is 0.0710. The zero-order chi connectivity index (χ0) is 13.7. The van der Waals surface area contributed by atoms with Crippen molar-refractivity contribution in [1.82, 2.24) is 0 Å². The molecule has 0 atom stereocenters. The third-order valence-corrected chi connectivity index (χ3v) is 3.66. The van der Waals surface area contributed by atoms with E-state index in [1.54, 1.807) is 6.07 Å². The zero-order valence-electron chi connectivity index (χ0n) is 9.97. The fraction of sp³-hybridized carbons (Fsp3) is 0.0714. The summed E-state index contributed by atoms with van der Waals surface area (Å²) in [6.07, 6.45) is 0. The summed E-state index contributed by atoms with van der Waals surface area (Å²) in [5, 5.41) is 12.2. The van der Waals surface area contributed by atoms with E-state index in [0.29, 0.717) is 16.5 Å². The van der Waals surface area contributed by atoms with E-state index in [9.17, 15) is 9.90 Å². The van der Waals surface area contributed by atoms with Gasteiger partial charge in [-0.05, 0) is 24.3 Å². The molecule has 19 heavy (non-hydrogen) atoms. The molecule has 2 rings (SSSR count). The second-order valence-corrected chi connectivity index (χ2v) is 5.27. The minimum Gasteiger partial charge on any atom is -0.508 e. The quantitative estimate of drug-likeness (QED) is 0.666. The number of carbonyl (C=O) groups is 1. The van der Waals surface area contributed by atoms with Crippen LogP contribution in [0.4, 0.5) is 5.69 Å². The van der Waals surface area contributed by atoms with Crippen LogP contribution < -0.4 is 5.32 Å². The van der Waals surface area contributed by atoms with E-state index in [1.807, 2.05) is 30.3 Å². The van der Waals surface area contributed by atoms with E-state index in [-0.39, 0.29) is 11.7 Å². The largest absolute Gasteiger partial charge is 0.508 e. The van der Waals surface area contributed by atoms with Gasteiger partial charge in [-0.1, -0.05) is 29.8 Å². The number of hydrogen-bond donors (Lipinski definition) is 2. The Balaban J connectivity index is 1.91. The second-order valence-electron chi connectivity index (χ2n) is 3.81. The predicted molar refractivity (Wildman–Crippen MR) is 78.9 cm³/mol. The Morgan fingerprint density at radius 2 is 1.95 bits per heavy atom. The van der Waals surface area contributed by atoms with Crippen LogP contribution in [-0.2, 0) is 4.79 Å². The van der Waals surface area contributed by atoms with Crippen LogP contribution in [0.5, 0.6) is 5.75 Å². The third kappa shape index (κ3) is 4.19. The summed E-state index contributed by atoms with van der Waals surface area (Å²) in [5.74, 6) is 0.240. The van der Waals surface area contributed by atoms with Crippen molar-refractivity contribution in [2.75, 3.05) is 11.1 Å². The first-order chi connectivity index (χ1) is 9.15. The van der Waals surface area contributed by atoms with Gasteiger partial charge in [0.15, 0.2) is 0 Å². The normalized spacial score (nSPS) is 10.2. The van der Waals surface area contributed by atoms with Gasteiger partial charge in [0, 0.05) is 11.0 Å². The summed E-state index contributed by atoms with van der Waals surface area (Å²) < 4.78 is 0. The zero-order valence-corrected chi connectivity index (χ0v) is 11.5. The molecule has 0 aliphatic carbocycles. The average Bonchev–Trinajstić information content (AvgIpc) is 2.41. The summed E-state index contributed by atoms with van der Waals surface area (Å²) in [7, 11) is 0. The first-order valence-electron chi connectivity index (χ1n) is 5.61. The van der Waals surface area contributed by atoms with Crippen LogP contribution in [-0.4, -0.2) is 16.8 Å². The number of hydrogen-bond acceptors (Lipinski definition) is 3. The first-order valence-corrected chi connectivity index (χ1v) is 6.98. The standard InChI is InChI=1S/C14H12ClNO2S/c15-12-8-10(17)6-7-13(12)16-14(18)9-19-11-4-2-1-3-5-11/h1-8,17H,9H2,(H,16,18). The van der Waals surface area contributed by atoms with Gasteiger partial charge in [-0.2, -0.15) is 0 Å². The molecule has 0 fully saturated rings. The molecule has 98 valence electrons. The lowest BCUT2D eigenvalue weighted by atomic mass is 10.3. The SMILES string of the molecule is O=C(CSc1ccccc1)Nc1ccc(O)cc1Cl. The van der Waals surface area contributed by atoms with Gasteiger partial charge < -0.3 is 10.4 Å². The molecule has 0 spiro atoms. The van der Waals surface area contributed by atoms with Crippen molar-refractivity contribution < 1.29 is 9.90 Å². The van der Waals surface area contributed by atoms with Gasteiger partial charge in [-0.3, -0.25) is 4.79 Å². The van der Waals surface area contributed by atoms with E-state index in [1.165, 1.54) is 23.9 Å². The molecular formula is C14H12ClNO2S. The van der Waals surface area contributed by atoms with Crippen LogP contribution in [0.2, 0.25) is 5.02 Å². The average molecular weight is 294 g/mol. The lowest BCUT2D eigenvalue weighted by Gasteiger charge is -2.07. The van der Waals surface area contributed by atoms with Gasteiger partial charge >= 0.3 is 0 Å². The Bertz CT molecular complexity index is 575. The lowest BCUT2D eigenvalue weighted by Crippen LogP contribution is -2.14. The summed E-state index contributed by atoms with van der Waals surface area (Å²) in [5.41, 5.74) is 0.498. The Kier molecular flexibility index (Phi) is 4.71. The molecule has 5 heteroatoms. The number of halogens is 1. The van der Waals surface area contributed by atoms with E-state index in [2.05, 4.69) is 5.32 Å². The number of thioether (sulfide) groups is 1. The monoisotopic (exact) mass is 293 g/mol. The number of aromatic hydroxyl groups is 1. The minimum atomic E-state index is -0.138. The molecular weight excluding hydrogens is 282 g/mol. The molecule has 1 amide bonds. The molecule has 2 aromatic carbocycles. The molecule has 0 radical (unpaired) electrons. The van der Waals surface area contributed by atoms with Crippen LogP contribution in [0.15, 0.2) is 53.4 Å². The van der Waals surface area contributed by atoms with E-state index in [4.69, 9.17) is 11.6 Å². The van der Waals surface area contributed by atoms with Crippen molar-refractivity contribution in [2.24, 2.45) is 0 Å². The van der Waals surface area contributed by atoms with Crippen molar-refractivity contribution in [3.63, 3.8) is 0 Å². The fourth-order valence-electron chi connectivity index (χ4n) is 1.46. The highest BCUT2D eigenvalue weighted by atomic mass is 35.5. The van der Waals surface area contributed by atoms with Crippen molar-refractivity contribution in [2.45, 2.75) is 4.90 Å². The third-order valence-electron chi connectivity index (χ3n) is 2.34. The number of benzene rings is 2. The molecule has 2 N–H and O–H groups in total. The van der Waals surface area contributed by atoms with Crippen LogP contribution in [0.25, 0.3) is 0 Å². The van der Waals surface area contributed by atoms with Gasteiger partial charge in [0.05, 0.1) is 16.5 Å². The van der Waals surface area contributed by atoms with Gasteiger partial charge in [-0.25, -0.2) is 0 Å². The maximum Gasteiger partial charge on any atom is 0.234 e. The molecule has 0 saturated heterocycles. The van der Waals surface area contributed by atoms with Crippen LogP contribution >= 0.6 is 23.4 Å². The smallest absolute Gasteiger partial charge is 0.234 e. The van der Waals surface area contributed by atoms with Gasteiger partial charge in [0.1, 0.15) is 5.75 Å². The molecule has 0 aromatic heterocycles. The molecule has 0 aliphatic heterocycles. The van der Waals surface area contributed by atoms with Crippen LogP contribution in [0.1, 0.15) is 0 Å². The van der Waals surface area contributed by atoms with Crippen molar-refractivity contribution in [1.29, 1.82) is 0 Å². The summed E-state index contributed by atoms with van der Waals surface area (Å²) in [6.45, 7) is 0. The summed E-state index contributed by atoms with van der Waals surface area (Å²) >= 11 is 7.36. The van der Waals surface area contributed by atoms with E-state index >= 15 is 0 Å². The van der Waals surface area contributed by atoms with E-state index in [0.717, 1.165) is 4.90 Å². The van der Waals surface area contributed by atoms with Crippen molar-refractivity contribution >= 4 is 35.0 Å². The molecule has 0 saturated carbocycles. The maximum absolute atomic E-state index is 11.8. The highest BCUT2D eigenvalue weighted by Crippen LogP contribution is 2.26. The first kappa shape index (κ1) is 13.8. The highest BCUT2D eigenvalue weighted by Gasteiger charge is 2.07. The van der Waals surface area contributed by atoms with Crippen LogP contribution in [0, 0.1) is 0 Å². The molecule has 0 heterocycles. The van der Waals surface area contributed by atoms with Gasteiger partial charge in [0.2, 0.25) is 5.91 Å². The summed E-state index contributed by atoms with van der Waals surface area (Å²) in [6, 6.07) is 14.1. The molecule has 0 aliphatic rings. The number of carbonyl (C=O) groups excluding carboxylic acids is 1. The molecule has 0 bridgehead atoms. The van der Waals surface area contributed by atoms with Crippen molar-refractivity contribution in [3.05, 3.63) is 53.6 Å². The highest BCUT2D eigenvalue weighted by molar-refractivity contribution is 8.00. The number of anilines is 1. The van der Waals surface area contributed by atoms with Gasteiger partial charge in [-0.15, -0.1) is 11.8 Å². The Morgan fingerprint density at radius 3 is 2.63 bits per heavy atom. The number of amides is 1. The lowest BCUT2D eigenvalue weighted by molar-refractivity contribution is -0.113. The van der Waals surface area contributed by atoms with E-state index < -0.39 is 0 Å². The number of phenolic OH excluding ortho intramolecular Hbond substituents is 1. The summed E-state index contributed by atoms with van der Waals surface area (Å²) in [4.78, 5) is 12.8. The second kappa shape index (κ2) is 6.50. The number of nitrogens with one attached hydrogen (secondary N) is 1. The molecule has 0 unspecified atom stereocenters. The number of rotatable bonds is 4. The fourth-order valence-corrected chi connectivity index (χ4v) is 2.40. The Morgan fingerprint density at radius 1 is 1.21 bits per heavy atom. The maximum atomic E-state index is 11.8. The molecule has 2 aromatic rings. The van der Waals surface area contributed by atoms with Crippen molar-refractivity contribution in [3.8, 4) is 5.75 Å².